The van der Waals surface area contributed by atoms with Gasteiger partial charge in [-0.05, 0) is 24.3 Å². The molecule has 0 unspecified atom stereocenters. The fourth-order valence-corrected chi connectivity index (χ4v) is 1.91. The minimum absolute atomic E-state index is 0.183. The van der Waals surface area contributed by atoms with Crippen molar-refractivity contribution in [2.24, 2.45) is 0 Å². The van der Waals surface area contributed by atoms with Crippen molar-refractivity contribution < 1.29 is 14.3 Å². The second-order valence-corrected chi connectivity index (χ2v) is 4.47. The number of nitrogens with zero attached hydrogens (tertiary/aromatic N) is 2. The second-order valence-electron chi connectivity index (χ2n) is 4.47. The van der Waals surface area contributed by atoms with Crippen molar-refractivity contribution in [3.8, 4) is 11.5 Å². The van der Waals surface area contributed by atoms with Gasteiger partial charge in [-0.15, -0.1) is 10.2 Å². The molecule has 7 heteroatoms. The van der Waals surface area contributed by atoms with Gasteiger partial charge in [-0.1, -0.05) is 0 Å². The lowest BCUT2D eigenvalue weighted by atomic mass is 10.2. The van der Waals surface area contributed by atoms with E-state index < -0.39 is 0 Å². The number of rotatable bonds is 3. The van der Waals surface area contributed by atoms with E-state index >= 15 is 0 Å². The molecule has 1 amide bonds. The van der Waals surface area contributed by atoms with E-state index in [1.807, 2.05) is 18.2 Å². The fourth-order valence-electron chi connectivity index (χ4n) is 1.91. The van der Waals surface area contributed by atoms with Crippen LogP contribution in [0.4, 0.5) is 17.3 Å². The van der Waals surface area contributed by atoms with Crippen LogP contribution in [-0.2, 0) is 4.79 Å². The topological polar surface area (TPSA) is 85.4 Å². The molecular weight excluding hydrogens is 272 g/mol. The number of nitrogens with one attached hydrogen (secondary N) is 2. The van der Waals surface area contributed by atoms with Crippen molar-refractivity contribution >= 4 is 23.2 Å². The van der Waals surface area contributed by atoms with Gasteiger partial charge in [0.25, 0.3) is 0 Å². The van der Waals surface area contributed by atoms with Crippen LogP contribution < -0.4 is 20.1 Å². The molecule has 0 spiro atoms. The molecular formula is C14H14N4O3. The van der Waals surface area contributed by atoms with Gasteiger partial charge in [-0.3, -0.25) is 4.79 Å². The van der Waals surface area contributed by atoms with E-state index in [4.69, 9.17) is 9.47 Å². The summed E-state index contributed by atoms with van der Waals surface area (Å²) in [5.41, 5.74) is 0.820. The molecule has 1 aliphatic heterocycles. The number of anilines is 3. The Morgan fingerprint density at radius 2 is 1.76 bits per heavy atom. The highest BCUT2D eigenvalue weighted by atomic mass is 16.6. The molecule has 1 aromatic heterocycles. The summed E-state index contributed by atoms with van der Waals surface area (Å²) in [7, 11) is 0. The Bertz CT molecular complexity index is 658. The van der Waals surface area contributed by atoms with Crippen LogP contribution >= 0.6 is 0 Å². The van der Waals surface area contributed by atoms with Gasteiger partial charge < -0.3 is 20.1 Å². The molecule has 108 valence electrons. The van der Waals surface area contributed by atoms with E-state index in [-0.39, 0.29) is 5.91 Å². The summed E-state index contributed by atoms with van der Waals surface area (Å²) in [6.07, 6.45) is 0. The number of carbonyl (C=O) groups excluding carboxylic acids is 1. The summed E-state index contributed by atoms with van der Waals surface area (Å²) < 4.78 is 11.0. The lowest BCUT2D eigenvalue weighted by Gasteiger charge is -2.19. The first-order valence-corrected chi connectivity index (χ1v) is 6.49. The Morgan fingerprint density at radius 1 is 1.05 bits per heavy atom. The van der Waals surface area contributed by atoms with E-state index in [0.29, 0.717) is 30.6 Å². The molecule has 0 fully saturated rings. The maximum atomic E-state index is 10.9. The number of hydrogen-bond acceptors (Lipinski definition) is 6. The van der Waals surface area contributed by atoms with Crippen LogP contribution in [0.2, 0.25) is 0 Å². The van der Waals surface area contributed by atoms with Gasteiger partial charge in [-0.25, -0.2) is 0 Å². The molecule has 0 atom stereocenters. The van der Waals surface area contributed by atoms with Gasteiger partial charge in [0.15, 0.2) is 23.1 Å². The van der Waals surface area contributed by atoms with Gasteiger partial charge in [0.2, 0.25) is 5.91 Å². The molecule has 1 aliphatic rings. The van der Waals surface area contributed by atoms with Crippen molar-refractivity contribution in [1.29, 1.82) is 0 Å². The van der Waals surface area contributed by atoms with E-state index in [1.54, 1.807) is 12.1 Å². The zero-order valence-corrected chi connectivity index (χ0v) is 11.4. The number of carbonyl (C=O) groups is 1. The average Bonchev–Trinajstić information content (AvgIpc) is 2.49. The third-order valence-electron chi connectivity index (χ3n) is 2.78. The molecule has 1 aromatic carbocycles. The maximum absolute atomic E-state index is 10.9. The number of benzene rings is 1. The highest BCUT2D eigenvalue weighted by Crippen LogP contribution is 2.33. The first kappa shape index (κ1) is 13.2. The number of amides is 1. The molecule has 2 heterocycles. The van der Waals surface area contributed by atoms with E-state index in [1.165, 1.54) is 6.92 Å². The summed E-state index contributed by atoms with van der Waals surface area (Å²) in [6.45, 7) is 2.53. The minimum atomic E-state index is -0.183. The molecule has 0 aliphatic carbocycles. The monoisotopic (exact) mass is 286 g/mol. The molecule has 0 radical (unpaired) electrons. The quantitative estimate of drug-likeness (QED) is 0.897. The standard InChI is InChI=1S/C14H14N4O3/c1-9(19)15-13-4-5-14(18-17-13)16-10-2-3-11-12(8-10)21-7-6-20-11/h2-5,8H,6-7H2,1H3,(H,16,18)(H,15,17,19). The average molecular weight is 286 g/mol. The van der Waals surface area contributed by atoms with Gasteiger partial charge >= 0.3 is 0 Å². The summed E-state index contributed by atoms with van der Waals surface area (Å²) >= 11 is 0. The predicted molar refractivity (Wildman–Crippen MR) is 77.1 cm³/mol. The summed E-state index contributed by atoms with van der Waals surface area (Å²) in [6, 6.07) is 8.97. The highest BCUT2D eigenvalue weighted by molar-refractivity contribution is 5.87. The minimum Gasteiger partial charge on any atom is -0.486 e. The van der Waals surface area contributed by atoms with Crippen molar-refractivity contribution in [3.05, 3.63) is 30.3 Å². The molecule has 0 bridgehead atoms. The number of fused-ring (bicyclic) bond motifs is 1. The van der Waals surface area contributed by atoms with Crippen LogP contribution in [0.1, 0.15) is 6.92 Å². The first-order valence-electron chi connectivity index (χ1n) is 6.49. The zero-order chi connectivity index (χ0) is 14.7. The Hall–Kier alpha value is -2.83. The normalized spacial score (nSPS) is 12.6. The van der Waals surface area contributed by atoms with E-state index in [9.17, 15) is 4.79 Å². The molecule has 7 nitrogen and oxygen atoms in total. The third-order valence-corrected chi connectivity index (χ3v) is 2.78. The largest absolute Gasteiger partial charge is 0.486 e. The SMILES string of the molecule is CC(=O)Nc1ccc(Nc2ccc3c(c2)OCCO3)nn1. The van der Waals surface area contributed by atoms with Crippen molar-refractivity contribution in [3.63, 3.8) is 0 Å². The second kappa shape index (κ2) is 5.66. The summed E-state index contributed by atoms with van der Waals surface area (Å²) in [5, 5.41) is 13.6. The Kier molecular flexibility index (Phi) is 3.55. The van der Waals surface area contributed by atoms with Crippen LogP contribution in [0, 0.1) is 0 Å². The van der Waals surface area contributed by atoms with Crippen molar-refractivity contribution in [2.75, 3.05) is 23.8 Å². The number of hydrogen-bond donors (Lipinski definition) is 2. The Labute approximate surface area is 121 Å². The van der Waals surface area contributed by atoms with Gasteiger partial charge in [0, 0.05) is 18.7 Å². The molecule has 2 N–H and O–H groups in total. The van der Waals surface area contributed by atoms with Crippen LogP contribution in [-0.4, -0.2) is 29.3 Å². The number of ether oxygens (including phenoxy) is 2. The molecule has 3 rings (SSSR count). The van der Waals surface area contributed by atoms with Crippen LogP contribution in [0.3, 0.4) is 0 Å². The summed E-state index contributed by atoms with van der Waals surface area (Å²) in [5.74, 6) is 2.24. The number of aromatic nitrogens is 2. The third kappa shape index (κ3) is 3.19. The zero-order valence-electron chi connectivity index (χ0n) is 11.4. The first-order chi connectivity index (χ1) is 10.2. The Morgan fingerprint density at radius 3 is 2.48 bits per heavy atom. The predicted octanol–water partition coefficient (Wildman–Crippen LogP) is 1.95. The molecule has 21 heavy (non-hydrogen) atoms. The van der Waals surface area contributed by atoms with Gasteiger partial charge in [-0.2, -0.15) is 0 Å². The van der Waals surface area contributed by atoms with Gasteiger partial charge in [0.1, 0.15) is 13.2 Å². The molecule has 0 saturated carbocycles. The van der Waals surface area contributed by atoms with Crippen molar-refractivity contribution in [1.82, 2.24) is 10.2 Å². The fraction of sp³-hybridized carbons (Fsp3) is 0.214. The maximum Gasteiger partial charge on any atom is 0.222 e. The smallest absolute Gasteiger partial charge is 0.222 e. The van der Waals surface area contributed by atoms with Gasteiger partial charge in [0.05, 0.1) is 0 Å². The summed E-state index contributed by atoms with van der Waals surface area (Å²) in [4.78, 5) is 10.9. The highest BCUT2D eigenvalue weighted by Gasteiger charge is 2.11. The van der Waals surface area contributed by atoms with Crippen molar-refractivity contribution in [2.45, 2.75) is 6.92 Å². The van der Waals surface area contributed by atoms with Crippen LogP contribution in [0.15, 0.2) is 30.3 Å². The van der Waals surface area contributed by atoms with E-state index in [0.717, 1.165) is 11.4 Å². The lowest BCUT2D eigenvalue weighted by Crippen LogP contribution is -2.15. The van der Waals surface area contributed by atoms with Crippen LogP contribution in [0.25, 0.3) is 0 Å². The molecule has 2 aromatic rings. The van der Waals surface area contributed by atoms with Crippen LogP contribution in [0.5, 0.6) is 11.5 Å². The Balaban J connectivity index is 1.72. The van der Waals surface area contributed by atoms with E-state index in [2.05, 4.69) is 20.8 Å². The molecule has 0 saturated heterocycles. The lowest BCUT2D eigenvalue weighted by molar-refractivity contribution is -0.114.